The Kier molecular flexibility index (Phi) is 4.37. The monoisotopic (exact) mass is 309 g/mol. The molecule has 21 heavy (non-hydrogen) atoms. The van der Waals surface area contributed by atoms with Crippen molar-refractivity contribution in [3.63, 3.8) is 0 Å². The molecule has 0 aliphatic heterocycles. The summed E-state index contributed by atoms with van der Waals surface area (Å²) in [5.41, 5.74) is 1.69. The molecule has 0 aliphatic carbocycles. The van der Waals surface area contributed by atoms with E-state index in [2.05, 4.69) is 10.3 Å². The second-order valence-electron chi connectivity index (χ2n) is 4.68. The number of anilines is 1. The van der Waals surface area contributed by atoms with Crippen molar-refractivity contribution in [1.82, 2.24) is 4.98 Å². The minimum absolute atomic E-state index is 0.129. The first-order valence-electron chi connectivity index (χ1n) is 6.18. The van der Waals surface area contributed by atoms with E-state index in [0.29, 0.717) is 17.7 Å². The van der Waals surface area contributed by atoms with Crippen LogP contribution in [0, 0.1) is 29.8 Å². The van der Waals surface area contributed by atoms with Crippen LogP contribution < -0.4 is 5.32 Å². The van der Waals surface area contributed by atoms with Crippen LogP contribution in [0.2, 0.25) is 5.02 Å². The number of hydrogen-bond acceptors (Lipinski definition) is 4. The van der Waals surface area contributed by atoms with Gasteiger partial charge in [-0.05, 0) is 30.5 Å². The molecular weight excluding hydrogens is 297 g/mol. The molecule has 2 aromatic rings. The first kappa shape index (κ1) is 15.2. The van der Waals surface area contributed by atoms with Crippen molar-refractivity contribution >= 4 is 23.1 Å². The highest BCUT2D eigenvalue weighted by molar-refractivity contribution is 6.30. The zero-order valence-electron chi connectivity index (χ0n) is 11.5. The van der Waals surface area contributed by atoms with E-state index in [-0.39, 0.29) is 22.3 Å². The summed E-state index contributed by atoms with van der Waals surface area (Å²) in [5.74, 6) is -0.113. The van der Waals surface area contributed by atoms with Crippen LogP contribution in [-0.2, 0) is 6.54 Å². The van der Waals surface area contributed by atoms with Crippen LogP contribution in [0.5, 0.6) is 0 Å². The lowest BCUT2D eigenvalue weighted by atomic mass is 10.1. The summed E-state index contributed by atoms with van der Waals surface area (Å²) in [5, 5.41) is 14.0. The third kappa shape index (κ3) is 3.46. The van der Waals surface area contributed by atoms with Crippen molar-refractivity contribution in [2.24, 2.45) is 0 Å². The van der Waals surface area contributed by atoms with Crippen LogP contribution in [0.15, 0.2) is 24.4 Å². The smallest absolute Gasteiger partial charge is 0.312 e. The number of rotatable bonds is 4. The largest absolute Gasteiger partial charge is 0.360 e. The maximum Gasteiger partial charge on any atom is 0.312 e. The highest BCUT2D eigenvalue weighted by Gasteiger charge is 2.16. The molecule has 0 bridgehead atoms. The van der Waals surface area contributed by atoms with Crippen molar-refractivity contribution in [2.45, 2.75) is 20.4 Å². The van der Waals surface area contributed by atoms with E-state index in [9.17, 15) is 14.5 Å². The molecular formula is C14H13ClFN3O2. The van der Waals surface area contributed by atoms with Crippen LogP contribution in [0.3, 0.4) is 0 Å². The van der Waals surface area contributed by atoms with Crippen LogP contribution in [0.4, 0.5) is 15.9 Å². The Balaban J connectivity index is 2.22. The highest BCUT2D eigenvalue weighted by Crippen LogP contribution is 2.25. The molecule has 0 atom stereocenters. The highest BCUT2D eigenvalue weighted by atomic mass is 35.5. The number of nitrogens with zero attached hydrogens (tertiary/aromatic N) is 2. The Morgan fingerprint density at radius 3 is 2.52 bits per heavy atom. The van der Waals surface area contributed by atoms with Gasteiger partial charge in [0.05, 0.1) is 9.95 Å². The van der Waals surface area contributed by atoms with Crippen molar-refractivity contribution in [3.8, 4) is 0 Å². The average Bonchev–Trinajstić information content (AvgIpc) is 2.43. The van der Waals surface area contributed by atoms with E-state index >= 15 is 0 Å². The Hall–Kier alpha value is -2.21. The van der Waals surface area contributed by atoms with E-state index in [1.54, 1.807) is 26.0 Å². The summed E-state index contributed by atoms with van der Waals surface area (Å²) >= 11 is 5.70. The molecule has 0 fully saturated rings. The van der Waals surface area contributed by atoms with Gasteiger partial charge >= 0.3 is 5.69 Å². The summed E-state index contributed by atoms with van der Waals surface area (Å²) in [6.07, 6.45) is 1.33. The maximum atomic E-state index is 13.6. The molecule has 1 aromatic carbocycles. The van der Waals surface area contributed by atoms with Gasteiger partial charge in [0, 0.05) is 18.8 Å². The summed E-state index contributed by atoms with van der Waals surface area (Å²) in [4.78, 5) is 14.3. The number of pyridine rings is 1. The van der Waals surface area contributed by atoms with Gasteiger partial charge in [0.15, 0.2) is 0 Å². The fourth-order valence-electron chi connectivity index (χ4n) is 2.03. The van der Waals surface area contributed by atoms with Gasteiger partial charge in [-0.2, -0.15) is 0 Å². The standard InChI is InChI=1S/C14H13ClFN3O2/c1-8-3-10(4-9(2)13(8)16)6-17-14-12(19(20)21)5-11(15)7-18-14/h3-5,7H,6H2,1-2H3,(H,17,18). The van der Waals surface area contributed by atoms with Gasteiger partial charge in [-0.15, -0.1) is 0 Å². The van der Waals surface area contributed by atoms with Crippen LogP contribution in [0.1, 0.15) is 16.7 Å². The third-order valence-corrected chi connectivity index (χ3v) is 3.19. The molecule has 5 nitrogen and oxygen atoms in total. The topological polar surface area (TPSA) is 68.1 Å². The molecule has 0 saturated carbocycles. The van der Waals surface area contributed by atoms with Crippen molar-refractivity contribution < 1.29 is 9.31 Å². The molecule has 1 heterocycles. The minimum Gasteiger partial charge on any atom is -0.360 e. The fourth-order valence-corrected chi connectivity index (χ4v) is 2.18. The second kappa shape index (κ2) is 6.05. The van der Waals surface area contributed by atoms with Gasteiger partial charge in [0.1, 0.15) is 5.82 Å². The lowest BCUT2D eigenvalue weighted by Crippen LogP contribution is -2.05. The fraction of sp³-hybridized carbons (Fsp3) is 0.214. The molecule has 1 aromatic heterocycles. The zero-order valence-corrected chi connectivity index (χ0v) is 12.2. The van der Waals surface area contributed by atoms with Gasteiger partial charge in [-0.3, -0.25) is 10.1 Å². The lowest BCUT2D eigenvalue weighted by Gasteiger charge is -2.09. The Bertz CT molecular complexity index is 684. The molecule has 0 spiro atoms. The number of hydrogen-bond donors (Lipinski definition) is 1. The van der Waals surface area contributed by atoms with Crippen molar-refractivity contribution in [3.05, 3.63) is 62.0 Å². The molecule has 110 valence electrons. The van der Waals surface area contributed by atoms with Gasteiger partial charge in [0.25, 0.3) is 0 Å². The Morgan fingerprint density at radius 2 is 1.95 bits per heavy atom. The van der Waals surface area contributed by atoms with Gasteiger partial charge in [-0.25, -0.2) is 9.37 Å². The van der Waals surface area contributed by atoms with Crippen molar-refractivity contribution in [1.29, 1.82) is 0 Å². The molecule has 7 heteroatoms. The summed E-state index contributed by atoms with van der Waals surface area (Å²) in [7, 11) is 0. The zero-order chi connectivity index (χ0) is 15.6. The summed E-state index contributed by atoms with van der Waals surface area (Å²) in [6, 6.07) is 4.62. The number of halogens is 2. The summed E-state index contributed by atoms with van der Waals surface area (Å²) < 4.78 is 13.6. The van der Waals surface area contributed by atoms with Gasteiger partial charge < -0.3 is 5.32 Å². The van der Waals surface area contributed by atoms with E-state index < -0.39 is 4.92 Å². The van der Waals surface area contributed by atoms with Crippen LogP contribution in [-0.4, -0.2) is 9.91 Å². The quantitative estimate of drug-likeness (QED) is 0.684. The lowest BCUT2D eigenvalue weighted by molar-refractivity contribution is -0.384. The number of nitrogens with one attached hydrogen (secondary N) is 1. The van der Waals surface area contributed by atoms with Crippen molar-refractivity contribution in [2.75, 3.05) is 5.32 Å². The minimum atomic E-state index is -0.553. The first-order chi connectivity index (χ1) is 9.88. The maximum absolute atomic E-state index is 13.6. The molecule has 0 unspecified atom stereocenters. The molecule has 0 radical (unpaired) electrons. The molecule has 0 amide bonds. The number of nitro groups is 1. The summed E-state index contributed by atoms with van der Waals surface area (Å²) in [6.45, 7) is 3.65. The third-order valence-electron chi connectivity index (χ3n) is 2.99. The Morgan fingerprint density at radius 1 is 1.33 bits per heavy atom. The van der Waals surface area contributed by atoms with E-state index in [1.165, 1.54) is 12.3 Å². The molecule has 2 rings (SSSR count). The number of benzene rings is 1. The molecule has 0 aliphatic rings. The number of aromatic nitrogens is 1. The predicted octanol–water partition coefficient (Wildman–Crippen LogP) is 4.01. The number of aryl methyl sites for hydroxylation is 2. The van der Waals surface area contributed by atoms with Crippen LogP contribution >= 0.6 is 11.6 Å². The molecule has 0 saturated heterocycles. The SMILES string of the molecule is Cc1cc(CNc2ncc(Cl)cc2[N+](=O)[O-])cc(C)c1F. The normalized spacial score (nSPS) is 10.5. The average molecular weight is 310 g/mol. The van der Waals surface area contributed by atoms with Gasteiger partial charge in [-0.1, -0.05) is 23.7 Å². The predicted molar refractivity (Wildman–Crippen MR) is 79.1 cm³/mol. The van der Waals surface area contributed by atoms with E-state index in [0.717, 1.165) is 5.56 Å². The molecule has 1 N–H and O–H groups in total. The van der Waals surface area contributed by atoms with Crippen LogP contribution in [0.25, 0.3) is 0 Å². The Labute approximate surface area is 125 Å². The van der Waals surface area contributed by atoms with E-state index in [4.69, 9.17) is 11.6 Å². The van der Waals surface area contributed by atoms with Gasteiger partial charge in [0.2, 0.25) is 5.82 Å². The first-order valence-corrected chi connectivity index (χ1v) is 6.55. The second-order valence-corrected chi connectivity index (χ2v) is 5.11. The van der Waals surface area contributed by atoms with E-state index in [1.807, 2.05) is 0 Å².